The van der Waals surface area contributed by atoms with Gasteiger partial charge >= 0.3 is 6.18 Å². The number of ether oxygens (including phenoxy) is 1. The van der Waals surface area contributed by atoms with E-state index in [0.29, 0.717) is 0 Å². The van der Waals surface area contributed by atoms with Crippen molar-refractivity contribution in [3.8, 4) is 5.88 Å². The lowest BCUT2D eigenvalue weighted by atomic mass is 9.91. The maximum atomic E-state index is 13.0. The Morgan fingerprint density at radius 2 is 2.12 bits per heavy atom. The van der Waals surface area contributed by atoms with E-state index in [-0.39, 0.29) is 24.0 Å². The van der Waals surface area contributed by atoms with Crippen LogP contribution in [0, 0.1) is 10.8 Å². The maximum absolute atomic E-state index is 13.0. The topological polar surface area (TPSA) is 54.5 Å². The minimum Gasteiger partial charge on any atom is -0.476 e. The highest BCUT2D eigenvalue weighted by atomic mass is 19.4. The van der Waals surface area contributed by atoms with Crippen LogP contribution >= 0.6 is 0 Å². The third-order valence-electron chi connectivity index (χ3n) is 5.28. The molecule has 3 rings (SSSR count). The molecule has 1 aliphatic carbocycles. The first-order chi connectivity index (χ1) is 12.0. The van der Waals surface area contributed by atoms with Crippen LogP contribution < -0.4 is 10.1 Å². The number of likely N-dealkylation sites (tertiary alicyclic amines) is 1. The van der Waals surface area contributed by atoms with Crippen molar-refractivity contribution in [3.63, 3.8) is 0 Å². The Kier molecular flexibility index (Phi) is 4.67. The molecule has 1 aromatic heterocycles. The van der Waals surface area contributed by atoms with Gasteiger partial charge in [-0.1, -0.05) is 0 Å². The monoisotopic (exact) mass is 371 g/mol. The Hall–Kier alpha value is -1.83. The lowest BCUT2D eigenvalue weighted by molar-refractivity contribution is -0.139. The van der Waals surface area contributed by atoms with Crippen molar-refractivity contribution in [1.29, 1.82) is 0 Å². The fraction of sp³-hybridized carbons (Fsp3) is 0.667. The van der Waals surface area contributed by atoms with E-state index in [0.717, 1.165) is 32.0 Å². The maximum Gasteiger partial charge on any atom is 0.421 e. The number of rotatable bonds is 5. The molecule has 2 heterocycles. The molecule has 1 saturated heterocycles. The second-order valence-corrected chi connectivity index (χ2v) is 8.11. The number of carbonyl (C=O) groups is 1. The molecule has 1 saturated carbocycles. The molecule has 1 aliphatic heterocycles. The van der Waals surface area contributed by atoms with Crippen molar-refractivity contribution in [1.82, 2.24) is 15.2 Å². The summed E-state index contributed by atoms with van der Waals surface area (Å²) in [6, 6.07) is 2.21. The molecule has 2 fully saturated rings. The fourth-order valence-corrected chi connectivity index (χ4v) is 3.47. The van der Waals surface area contributed by atoms with E-state index >= 15 is 0 Å². The second-order valence-electron chi connectivity index (χ2n) is 8.11. The second kappa shape index (κ2) is 6.40. The van der Waals surface area contributed by atoms with Crippen LogP contribution in [0.5, 0.6) is 5.88 Å². The van der Waals surface area contributed by atoms with Gasteiger partial charge in [0.05, 0.1) is 5.41 Å². The highest BCUT2D eigenvalue weighted by molar-refractivity contribution is 5.82. The fourth-order valence-electron chi connectivity index (χ4n) is 3.47. The molecule has 1 atom stereocenters. The van der Waals surface area contributed by atoms with Crippen LogP contribution in [0.1, 0.15) is 32.3 Å². The number of nitrogens with one attached hydrogen (secondary N) is 1. The van der Waals surface area contributed by atoms with Crippen LogP contribution in [0.25, 0.3) is 0 Å². The van der Waals surface area contributed by atoms with Gasteiger partial charge in [-0.05, 0) is 45.9 Å². The van der Waals surface area contributed by atoms with Gasteiger partial charge in [0.1, 0.15) is 12.2 Å². The number of alkyl halides is 3. The van der Waals surface area contributed by atoms with E-state index in [2.05, 4.69) is 15.2 Å². The summed E-state index contributed by atoms with van der Waals surface area (Å²) in [5, 5.41) is 3.08. The molecule has 1 aromatic rings. The van der Waals surface area contributed by atoms with Crippen LogP contribution in [0.15, 0.2) is 18.3 Å². The summed E-state index contributed by atoms with van der Waals surface area (Å²) in [7, 11) is 2.03. The highest BCUT2D eigenvalue weighted by Gasteiger charge is 2.55. The lowest BCUT2D eigenvalue weighted by Crippen LogP contribution is -2.49. The zero-order chi connectivity index (χ0) is 19.2. The van der Waals surface area contributed by atoms with Gasteiger partial charge in [-0.3, -0.25) is 4.79 Å². The smallest absolute Gasteiger partial charge is 0.421 e. The van der Waals surface area contributed by atoms with Gasteiger partial charge in [0.15, 0.2) is 0 Å². The number of nitrogens with zero attached hydrogens (tertiary/aromatic N) is 2. The Morgan fingerprint density at radius 1 is 1.42 bits per heavy atom. The molecule has 1 spiro atoms. The predicted molar refractivity (Wildman–Crippen MR) is 89.6 cm³/mol. The number of carbonyl (C=O) groups excluding carboxylic acids is 1. The summed E-state index contributed by atoms with van der Waals surface area (Å²) in [6.45, 7) is 4.90. The molecule has 0 unspecified atom stereocenters. The molecule has 0 aromatic carbocycles. The third-order valence-corrected chi connectivity index (χ3v) is 5.28. The zero-order valence-corrected chi connectivity index (χ0v) is 15.2. The molecule has 26 heavy (non-hydrogen) atoms. The number of pyridine rings is 1. The number of aromatic nitrogens is 1. The van der Waals surface area contributed by atoms with Crippen LogP contribution in [0.4, 0.5) is 13.2 Å². The summed E-state index contributed by atoms with van der Waals surface area (Å²) in [5.41, 5.74) is -1.74. The molecular formula is C18H24F3N3O2. The number of halogens is 3. The summed E-state index contributed by atoms with van der Waals surface area (Å²) < 4.78 is 44.4. The van der Waals surface area contributed by atoms with E-state index in [1.807, 2.05) is 7.05 Å². The normalized spacial score (nSPS) is 22.5. The van der Waals surface area contributed by atoms with Gasteiger partial charge in [0.2, 0.25) is 11.8 Å². The summed E-state index contributed by atoms with van der Waals surface area (Å²) in [6.07, 6.45) is -1.12. The minimum absolute atomic E-state index is 0.0832. The number of amides is 1. The number of hydrogen-bond donors (Lipinski definition) is 1. The third kappa shape index (κ3) is 3.79. The van der Waals surface area contributed by atoms with Crippen molar-refractivity contribution < 1.29 is 22.7 Å². The average Bonchev–Trinajstić information content (AvgIpc) is 3.25. The molecule has 0 bridgehead atoms. The van der Waals surface area contributed by atoms with E-state index in [4.69, 9.17) is 4.74 Å². The summed E-state index contributed by atoms with van der Waals surface area (Å²) in [5.74, 6) is -0.714. The Balaban J connectivity index is 1.63. The standard InChI is InChI=1S/C18H24F3N3O2/c1-16(2,11-26-14-12(18(19,20)21)5-4-8-22-14)15(25)23-13-9-24(3)10-17(13)6-7-17/h4-5,8,13H,6-7,9-11H2,1-3H3,(H,23,25)/t13-/m1/s1. The van der Waals surface area contributed by atoms with E-state index in [1.54, 1.807) is 13.8 Å². The van der Waals surface area contributed by atoms with Gasteiger partial charge in [-0.2, -0.15) is 13.2 Å². The number of likely N-dealkylation sites (N-methyl/N-ethyl adjacent to an activating group) is 1. The van der Waals surface area contributed by atoms with E-state index in [1.165, 1.54) is 12.3 Å². The molecule has 8 heteroatoms. The van der Waals surface area contributed by atoms with Crippen LogP contribution in [0.2, 0.25) is 0 Å². The SMILES string of the molecule is CN1C[C@@H](NC(=O)C(C)(C)COc2ncccc2C(F)(F)F)C2(CC2)C1. The van der Waals surface area contributed by atoms with Crippen molar-refractivity contribution >= 4 is 5.91 Å². The minimum atomic E-state index is -4.55. The molecule has 1 N–H and O–H groups in total. The largest absolute Gasteiger partial charge is 0.476 e. The summed E-state index contributed by atoms with van der Waals surface area (Å²) >= 11 is 0. The molecule has 144 valence electrons. The first-order valence-electron chi connectivity index (χ1n) is 8.68. The first kappa shape index (κ1) is 18.9. The number of hydrogen-bond acceptors (Lipinski definition) is 4. The Labute approximate surface area is 150 Å². The Morgan fingerprint density at radius 3 is 2.73 bits per heavy atom. The highest BCUT2D eigenvalue weighted by Crippen LogP contribution is 2.52. The van der Waals surface area contributed by atoms with Gasteiger partial charge < -0.3 is 15.0 Å². The molecule has 2 aliphatic rings. The van der Waals surface area contributed by atoms with Crippen molar-refractivity contribution in [2.75, 3.05) is 26.7 Å². The summed E-state index contributed by atoms with van der Waals surface area (Å²) in [4.78, 5) is 18.6. The van der Waals surface area contributed by atoms with Crippen molar-refractivity contribution in [2.24, 2.45) is 10.8 Å². The van der Waals surface area contributed by atoms with Gasteiger partial charge in [-0.15, -0.1) is 0 Å². The van der Waals surface area contributed by atoms with E-state index in [9.17, 15) is 18.0 Å². The Bertz CT molecular complexity index is 687. The molecule has 5 nitrogen and oxygen atoms in total. The van der Waals surface area contributed by atoms with Crippen molar-refractivity contribution in [2.45, 2.75) is 38.9 Å². The van der Waals surface area contributed by atoms with Crippen molar-refractivity contribution in [3.05, 3.63) is 23.9 Å². The predicted octanol–water partition coefficient (Wildman–Crippen LogP) is 2.72. The molecular weight excluding hydrogens is 347 g/mol. The van der Waals surface area contributed by atoms with Crippen LogP contribution in [-0.4, -0.2) is 48.6 Å². The van der Waals surface area contributed by atoms with Gasteiger partial charge in [-0.25, -0.2) is 4.98 Å². The molecule has 0 radical (unpaired) electrons. The average molecular weight is 371 g/mol. The van der Waals surface area contributed by atoms with Gasteiger partial charge in [0, 0.05) is 30.7 Å². The first-order valence-corrected chi connectivity index (χ1v) is 8.68. The van der Waals surface area contributed by atoms with Crippen LogP contribution in [0.3, 0.4) is 0 Å². The van der Waals surface area contributed by atoms with E-state index < -0.39 is 23.0 Å². The van der Waals surface area contributed by atoms with Crippen LogP contribution in [-0.2, 0) is 11.0 Å². The zero-order valence-electron chi connectivity index (χ0n) is 15.2. The lowest BCUT2D eigenvalue weighted by Gasteiger charge is -2.28. The molecule has 1 amide bonds. The quantitative estimate of drug-likeness (QED) is 0.865. The van der Waals surface area contributed by atoms with Gasteiger partial charge in [0.25, 0.3) is 0 Å².